The van der Waals surface area contributed by atoms with E-state index in [1.54, 1.807) is 0 Å². The van der Waals surface area contributed by atoms with E-state index in [9.17, 15) is 18.0 Å². The second kappa shape index (κ2) is 2.44. The molecule has 0 amide bonds. The molecule has 0 heterocycles. The van der Waals surface area contributed by atoms with Crippen molar-refractivity contribution in [2.75, 3.05) is 6.26 Å². The van der Waals surface area contributed by atoms with Gasteiger partial charge in [-0.05, 0) is 6.42 Å². The third kappa shape index (κ3) is 1.28. The number of carboxylic acid groups (broad SMARTS) is 2. The van der Waals surface area contributed by atoms with Crippen LogP contribution in [0.3, 0.4) is 0 Å². The highest BCUT2D eigenvalue weighted by Crippen LogP contribution is 2.50. The first kappa shape index (κ1) is 9.97. The molecule has 0 bridgehead atoms. The molecule has 0 aromatic rings. The second-order valence-electron chi connectivity index (χ2n) is 3.10. The van der Waals surface area contributed by atoms with E-state index < -0.39 is 32.4 Å². The van der Waals surface area contributed by atoms with Crippen LogP contribution in [0.4, 0.5) is 0 Å². The summed E-state index contributed by atoms with van der Waals surface area (Å²) >= 11 is 0. The first-order chi connectivity index (χ1) is 5.73. The monoisotopic (exact) mass is 208 g/mol. The molecule has 1 atom stereocenters. The lowest BCUT2D eigenvalue weighted by Crippen LogP contribution is -2.31. The quantitative estimate of drug-likeness (QED) is 0.573. The largest absolute Gasteiger partial charge is 0.480 e. The average Bonchev–Trinajstić information content (AvgIpc) is 2.58. The van der Waals surface area contributed by atoms with E-state index in [1.807, 2.05) is 0 Å². The van der Waals surface area contributed by atoms with Crippen molar-refractivity contribution in [1.29, 1.82) is 0 Å². The molecule has 1 aliphatic carbocycles. The van der Waals surface area contributed by atoms with Gasteiger partial charge >= 0.3 is 11.9 Å². The number of sulfone groups is 1. The van der Waals surface area contributed by atoms with E-state index in [0.717, 1.165) is 6.26 Å². The summed E-state index contributed by atoms with van der Waals surface area (Å²) in [5, 5.41) is 15.8. The number of hydrogen-bond acceptors (Lipinski definition) is 4. The Morgan fingerprint density at radius 1 is 1.31 bits per heavy atom. The fourth-order valence-electron chi connectivity index (χ4n) is 1.29. The zero-order valence-corrected chi connectivity index (χ0v) is 7.54. The fourth-order valence-corrected chi connectivity index (χ4v) is 2.79. The van der Waals surface area contributed by atoms with Crippen LogP contribution in [0.5, 0.6) is 0 Å². The number of rotatable bonds is 3. The fraction of sp³-hybridized carbons (Fsp3) is 0.667. The first-order valence-corrected chi connectivity index (χ1v) is 5.34. The van der Waals surface area contributed by atoms with Gasteiger partial charge in [0.2, 0.25) is 0 Å². The van der Waals surface area contributed by atoms with Crippen LogP contribution in [0, 0.1) is 5.41 Å². The molecule has 0 saturated heterocycles. The molecule has 0 aromatic carbocycles. The summed E-state index contributed by atoms with van der Waals surface area (Å²) in [7, 11) is -3.59. The summed E-state index contributed by atoms with van der Waals surface area (Å²) in [5.74, 6) is -3.18. The minimum atomic E-state index is -3.59. The van der Waals surface area contributed by atoms with Crippen molar-refractivity contribution in [2.24, 2.45) is 5.41 Å². The van der Waals surface area contributed by atoms with E-state index in [4.69, 9.17) is 10.2 Å². The Morgan fingerprint density at radius 2 is 1.69 bits per heavy atom. The van der Waals surface area contributed by atoms with Crippen LogP contribution in [0.25, 0.3) is 0 Å². The summed E-state index contributed by atoms with van der Waals surface area (Å²) in [5.41, 5.74) is -2.10. The smallest absolute Gasteiger partial charge is 0.322 e. The third-order valence-corrected chi connectivity index (χ3v) is 3.78. The minimum Gasteiger partial charge on any atom is -0.480 e. The lowest BCUT2D eigenvalue weighted by Gasteiger charge is -2.04. The molecule has 0 radical (unpaired) electrons. The average molecular weight is 208 g/mol. The highest BCUT2D eigenvalue weighted by atomic mass is 32.2. The Hall–Kier alpha value is -1.11. The van der Waals surface area contributed by atoms with E-state index in [-0.39, 0.29) is 6.42 Å². The molecule has 1 rings (SSSR count). The van der Waals surface area contributed by atoms with Crippen molar-refractivity contribution >= 4 is 21.8 Å². The predicted octanol–water partition coefficient (Wildman–Crippen LogP) is -1.04. The van der Waals surface area contributed by atoms with Gasteiger partial charge in [0, 0.05) is 6.26 Å². The van der Waals surface area contributed by atoms with Gasteiger partial charge in [-0.15, -0.1) is 0 Å². The Balaban J connectivity index is 3.06. The molecular formula is C6H8O6S. The van der Waals surface area contributed by atoms with E-state index in [1.165, 1.54) is 0 Å². The maximum Gasteiger partial charge on any atom is 0.322 e. The summed E-state index contributed by atoms with van der Waals surface area (Å²) < 4.78 is 21.8. The molecule has 1 saturated carbocycles. The molecule has 7 heteroatoms. The van der Waals surface area contributed by atoms with Crippen LogP contribution in [0.1, 0.15) is 6.42 Å². The minimum absolute atomic E-state index is 0.337. The molecule has 0 aromatic heterocycles. The molecule has 1 fully saturated rings. The van der Waals surface area contributed by atoms with E-state index in [2.05, 4.69) is 0 Å². The van der Waals surface area contributed by atoms with Gasteiger partial charge in [-0.3, -0.25) is 9.59 Å². The van der Waals surface area contributed by atoms with Gasteiger partial charge in [-0.1, -0.05) is 0 Å². The Kier molecular flexibility index (Phi) is 1.87. The lowest BCUT2D eigenvalue weighted by atomic mass is 10.1. The first-order valence-electron chi connectivity index (χ1n) is 3.38. The molecule has 0 aliphatic heterocycles. The van der Waals surface area contributed by atoms with Crippen molar-refractivity contribution in [3.05, 3.63) is 0 Å². The van der Waals surface area contributed by atoms with Crippen LogP contribution >= 0.6 is 0 Å². The van der Waals surface area contributed by atoms with Crippen molar-refractivity contribution in [1.82, 2.24) is 0 Å². The van der Waals surface area contributed by atoms with Gasteiger partial charge in [-0.25, -0.2) is 8.42 Å². The Bertz CT molecular complexity index is 353. The van der Waals surface area contributed by atoms with Crippen molar-refractivity contribution in [3.8, 4) is 0 Å². The molecule has 13 heavy (non-hydrogen) atoms. The van der Waals surface area contributed by atoms with Gasteiger partial charge in [0.05, 0.1) is 5.25 Å². The van der Waals surface area contributed by atoms with Crippen LogP contribution in [-0.4, -0.2) is 42.1 Å². The van der Waals surface area contributed by atoms with E-state index in [0.29, 0.717) is 0 Å². The molecule has 74 valence electrons. The summed E-state index contributed by atoms with van der Waals surface area (Å²) in [4.78, 5) is 21.1. The zero-order chi connectivity index (χ0) is 10.4. The molecule has 1 unspecified atom stereocenters. The van der Waals surface area contributed by atoms with Crippen LogP contribution < -0.4 is 0 Å². The van der Waals surface area contributed by atoms with Crippen LogP contribution in [0.15, 0.2) is 0 Å². The van der Waals surface area contributed by atoms with E-state index >= 15 is 0 Å². The molecule has 2 N–H and O–H groups in total. The number of hydrogen-bond donors (Lipinski definition) is 2. The molecule has 1 aliphatic rings. The van der Waals surface area contributed by atoms with Gasteiger partial charge in [0.15, 0.2) is 15.3 Å². The summed E-state index contributed by atoms with van der Waals surface area (Å²) in [6, 6.07) is 0. The number of aliphatic carboxylic acids is 2. The second-order valence-corrected chi connectivity index (χ2v) is 5.33. The molecule has 0 spiro atoms. The van der Waals surface area contributed by atoms with Gasteiger partial charge in [0.25, 0.3) is 0 Å². The topological polar surface area (TPSA) is 109 Å². The normalized spacial score (nSPS) is 25.2. The van der Waals surface area contributed by atoms with Crippen molar-refractivity contribution < 1.29 is 28.2 Å². The van der Waals surface area contributed by atoms with Crippen LogP contribution in [0.2, 0.25) is 0 Å². The number of carboxylic acids is 2. The van der Waals surface area contributed by atoms with Crippen molar-refractivity contribution in [2.45, 2.75) is 11.7 Å². The standard InChI is InChI=1S/C6H8O6S/c1-13(11,12)3-2-6(3,4(7)8)5(9)10/h3H,2H2,1H3,(H,7,8)(H,9,10). The maximum atomic E-state index is 10.9. The van der Waals surface area contributed by atoms with Gasteiger partial charge in [0.1, 0.15) is 0 Å². The lowest BCUT2D eigenvalue weighted by molar-refractivity contribution is -0.156. The molecule has 6 nitrogen and oxygen atoms in total. The van der Waals surface area contributed by atoms with Crippen LogP contribution in [-0.2, 0) is 19.4 Å². The Morgan fingerprint density at radius 3 is 1.77 bits per heavy atom. The highest BCUT2D eigenvalue weighted by Gasteiger charge is 2.71. The highest BCUT2D eigenvalue weighted by molar-refractivity contribution is 7.91. The number of carbonyl (C=O) groups is 2. The predicted molar refractivity (Wildman–Crippen MR) is 41.0 cm³/mol. The zero-order valence-electron chi connectivity index (χ0n) is 6.72. The maximum absolute atomic E-state index is 10.9. The van der Waals surface area contributed by atoms with Gasteiger partial charge < -0.3 is 10.2 Å². The summed E-state index contributed by atoms with van der Waals surface area (Å²) in [6.45, 7) is 0. The summed E-state index contributed by atoms with van der Waals surface area (Å²) in [6.07, 6.45) is 0.502. The third-order valence-electron chi connectivity index (χ3n) is 2.18. The van der Waals surface area contributed by atoms with Gasteiger partial charge in [-0.2, -0.15) is 0 Å². The SMILES string of the molecule is CS(=O)(=O)C1CC1(C(=O)O)C(=O)O. The van der Waals surface area contributed by atoms with Crippen molar-refractivity contribution in [3.63, 3.8) is 0 Å². The molecular weight excluding hydrogens is 200 g/mol. The Labute approximate surface area is 74.1 Å².